The van der Waals surface area contributed by atoms with Gasteiger partial charge in [-0.25, -0.2) is 9.78 Å². The number of aromatic nitrogens is 1. The number of carboxylic acid groups (broad SMARTS) is 1. The molecule has 0 amide bonds. The van der Waals surface area contributed by atoms with Crippen LogP contribution >= 0.6 is 23.1 Å². The first-order valence-electron chi connectivity index (χ1n) is 8.74. The van der Waals surface area contributed by atoms with Crippen molar-refractivity contribution >= 4 is 29.1 Å². The van der Waals surface area contributed by atoms with E-state index in [4.69, 9.17) is 0 Å². The van der Waals surface area contributed by atoms with E-state index in [-0.39, 0.29) is 5.69 Å². The fourth-order valence-corrected chi connectivity index (χ4v) is 5.63. The average molecular weight is 404 g/mol. The number of aromatic carboxylic acids is 1. The van der Waals surface area contributed by atoms with Crippen LogP contribution in [0, 0.1) is 0 Å². The summed E-state index contributed by atoms with van der Waals surface area (Å²) in [4.78, 5) is 15.7. The van der Waals surface area contributed by atoms with Crippen LogP contribution in [0.1, 0.15) is 27.2 Å². The molecule has 4 aromatic rings. The highest BCUT2D eigenvalue weighted by Crippen LogP contribution is 2.52. The molecule has 3 aromatic carbocycles. The standard InChI is InChI=1S/C23H17NO2S2/c25-21(26)20-16-27-22(24-20)28-23(17-10-4-1-5-11-17,18-12-6-2-7-13-18)19-14-8-3-9-15-19/h1-16H,(H,25,26). The van der Waals surface area contributed by atoms with Gasteiger partial charge in [-0.3, -0.25) is 0 Å². The Hall–Kier alpha value is -2.89. The highest BCUT2D eigenvalue weighted by molar-refractivity contribution is 8.02. The van der Waals surface area contributed by atoms with E-state index in [1.54, 1.807) is 17.1 Å². The van der Waals surface area contributed by atoms with Gasteiger partial charge in [0.2, 0.25) is 0 Å². The molecular formula is C23H17NO2S2. The van der Waals surface area contributed by atoms with E-state index in [9.17, 15) is 9.90 Å². The minimum atomic E-state index is -1.01. The van der Waals surface area contributed by atoms with E-state index in [1.807, 2.05) is 54.6 Å². The number of rotatable bonds is 6. The van der Waals surface area contributed by atoms with Crippen molar-refractivity contribution in [2.24, 2.45) is 0 Å². The summed E-state index contributed by atoms with van der Waals surface area (Å²) in [6.07, 6.45) is 0. The van der Waals surface area contributed by atoms with Gasteiger partial charge in [-0.2, -0.15) is 0 Å². The van der Waals surface area contributed by atoms with E-state index in [0.717, 1.165) is 16.7 Å². The second-order valence-electron chi connectivity index (χ2n) is 6.19. The van der Waals surface area contributed by atoms with E-state index >= 15 is 0 Å². The van der Waals surface area contributed by atoms with Crippen LogP contribution in [-0.4, -0.2) is 16.1 Å². The molecule has 0 fully saturated rings. The number of thiazole rings is 1. The fourth-order valence-electron chi connectivity index (χ4n) is 3.23. The molecule has 5 heteroatoms. The number of hydrogen-bond acceptors (Lipinski definition) is 4. The van der Waals surface area contributed by atoms with Gasteiger partial charge in [0.25, 0.3) is 0 Å². The predicted molar refractivity (Wildman–Crippen MR) is 114 cm³/mol. The summed E-state index contributed by atoms with van der Waals surface area (Å²) >= 11 is 2.94. The SMILES string of the molecule is O=C(O)c1csc(SC(c2ccccc2)(c2ccccc2)c2ccccc2)n1. The summed E-state index contributed by atoms with van der Waals surface area (Å²) < 4.78 is 0.172. The Kier molecular flexibility index (Phi) is 5.28. The highest BCUT2D eigenvalue weighted by atomic mass is 32.2. The van der Waals surface area contributed by atoms with Gasteiger partial charge in [0.15, 0.2) is 10.0 Å². The van der Waals surface area contributed by atoms with Crippen molar-refractivity contribution in [2.45, 2.75) is 9.09 Å². The van der Waals surface area contributed by atoms with E-state index < -0.39 is 10.7 Å². The first kappa shape index (κ1) is 18.5. The lowest BCUT2D eigenvalue weighted by Crippen LogP contribution is -2.25. The topological polar surface area (TPSA) is 50.2 Å². The molecule has 0 saturated heterocycles. The van der Waals surface area contributed by atoms with Crippen molar-refractivity contribution < 1.29 is 9.90 Å². The molecule has 0 atom stereocenters. The van der Waals surface area contributed by atoms with Gasteiger partial charge in [0, 0.05) is 5.38 Å². The monoisotopic (exact) mass is 403 g/mol. The smallest absolute Gasteiger partial charge is 0.355 e. The van der Waals surface area contributed by atoms with Crippen molar-refractivity contribution in [3.8, 4) is 0 Å². The summed E-state index contributed by atoms with van der Waals surface area (Å²) in [5, 5.41) is 10.9. The Bertz CT molecular complexity index is 967. The Morgan fingerprint density at radius 3 is 1.57 bits per heavy atom. The van der Waals surface area contributed by atoms with Crippen LogP contribution in [0.15, 0.2) is 101 Å². The molecule has 0 aliphatic rings. The molecule has 1 N–H and O–H groups in total. The second-order valence-corrected chi connectivity index (χ2v) is 8.50. The maximum Gasteiger partial charge on any atom is 0.355 e. The molecule has 0 aliphatic heterocycles. The summed E-state index contributed by atoms with van der Waals surface area (Å²) in [5.74, 6) is -1.01. The van der Waals surface area contributed by atoms with Gasteiger partial charge in [-0.1, -0.05) is 103 Å². The molecule has 0 aliphatic carbocycles. The van der Waals surface area contributed by atoms with Crippen LogP contribution in [0.2, 0.25) is 0 Å². The van der Waals surface area contributed by atoms with E-state index in [1.165, 1.54) is 11.3 Å². The van der Waals surface area contributed by atoms with Crippen molar-refractivity contribution in [2.75, 3.05) is 0 Å². The van der Waals surface area contributed by atoms with Crippen LogP contribution in [0.3, 0.4) is 0 Å². The summed E-state index contributed by atoms with van der Waals surface area (Å²) in [5.41, 5.74) is 3.43. The molecule has 0 bridgehead atoms. The van der Waals surface area contributed by atoms with Gasteiger partial charge >= 0.3 is 5.97 Å². The third-order valence-corrected chi connectivity index (χ3v) is 6.94. The van der Waals surface area contributed by atoms with Gasteiger partial charge < -0.3 is 5.11 Å². The van der Waals surface area contributed by atoms with Crippen LogP contribution in [0.25, 0.3) is 0 Å². The number of benzene rings is 3. The molecule has 0 spiro atoms. The van der Waals surface area contributed by atoms with Gasteiger partial charge in [-0.15, -0.1) is 11.3 Å². The van der Waals surface area contributed by atoms with Crippen LogP contribution < -0.4 is 0 Å². The lowest BCUT2D eigenvalue weighted by molar-refractivity contribution is 0.0691. The molecule has 28 heavy (non-hydrogen) atoms. The first-order valence-corrected chi connectivity index (χ1v) is 10.4. The minimum absolute atomic E-state index is 0.0792. The predicted octanol–water partition coefficient (Wildman–Crippen LogP) is 5.93. The van der Waals surface area contributed by atoms with Gasteiger partial charge in [0.1, 0.15) is 0 Å². The van der Waals surface area contributed by atoms with Crippen molar-refractivity contribution in [3.05, 3.63) is 119 Å². The zero-order valence-corrected chi connectivity index (χ0v) is 16.5. The molecule has 138 valence electrons. The second kappa shape index (κ2) is 8.00. The number of nitrogens with zero attached hydrogens (tertiary/aromatic N) is 1. The third-order valence-electron chi connectivity index (χ3n) is 4.48. The molecule has 0 radical (unpaired) electrons. The fraction of sp³-hybridized carbons (Fsp3) is 0.0435. The Morgan fingerprint density at radius 1 is 0.786 bits per heavy atom. The quantitative estimate of drug-likeness (QED) is 0.320. The molecule has 0 saturated carbocycles. The maximum absolute atomic E-state index is 11.3. The molecule has 3 nitrogen and oxygen atoms in total. The number of carboxylic acids is 1. The lowest BCUT2D eigenvalue weighted by Gasteiger charge is -2.34. The third kappa shape index (κ3) is 3.46. The molecular weight excluding hydrogens is 386 g/mol. The minimum Gasteiger partial charge on any atom is -0.476 e. The van der Waals surface area contributed by atoms with Crippen molar-refractivity contribution in [3.63, 3.8) is 0 Å². The zero-order chi connectivity index (χ0) is 19.4. The average Bonchev–Trinajstić information content (AvgIpc) is 3.23. The zero-order valence-electron chi connectivity index (χ0n) is 14.9. The summed E-state index contributed by atoms with van der Waals surface area (Å²) in [6.45, 7) is 0. The van der Waals surface area contributed by atoms with Crippen LogP contribution in [0.4, 0.5) is 0 Å². The normalized spacial score (nSPS) is 11.3. The Balaban J connectivity index is 1.96. The molecule has 0 unspecified atom stereocenters. The molecule has 4 rings (SSSR count). The van der Waals surface area contributed by atoms with E-state index in [0.29, 0.717) is 4.34 Å². The van der Waals surface area contributed by atoms with E-state index in [2.05, 4.69) is 41.4 Å². The Morgan fingerprint density at radius 2 is 1.21 bits per heavy atom. The van der Waals surface area contributed by atoms with Crippen molar-refractivity contribution in [1.82, 2.24) is 4.98 Å². The van der Waals surface area contributed by atoms with Gasteiger partial charge in [-0.05, 0) is 16.7 Å². The van der Waals surface area contributed by atoms with Gasteiger partial charge in [0.05, 0.1) is 4.75 Å². The van der Waals surface area contributed by atoms with Crippen molar-refractivity contribution in [1.29, 1.82) is 0 Å². The molecule has 1 aromatic heterocycles. The lowest BCUT2D eigenvalue weighted by atomic mass is 9.84. The van der Waals surface area contributed by atoms with Crippen LogP contribution in [0.5, 0.6) is 0 Å². The molecule has 1 heterocycles. The number of carbonyl (C=O) groups is 1. The first-order chi connectivity index (χ1) is 13.7. The van der Waals surface area contributed by atoms with Crippen LogP contribution in [-0.2, 0) is 4.75 Å². The number of hydrogen-bond donors (Lipinski definition) is 1. The summed E-state index contributed by atoms with van der Waals surface area (Å²) in [7, 11) is 0. The number of thioether (sulfide) groups is 1. The summed E-state index contributed by atoms with van der Waals surface area (Å²) in [6, 6.07) is 30.8. The maximum atomic E-state index is 11.3. The highest BCUT2D eigenvalue weighted by Gasteiger charge is 2.38. The largest absolute Gasteiger partial charge is 0.476 e. The Labute approximate surface area is 171 Å².